The van der Waals surface area contributed by atoms with Crippen LogP contribution in [0.4, 0.5) is 0 Å². The molecule has 0 fully saturated rings. The van der Waals surface area contributed by atoms with E-state index in [-0.39, 0.29) is 0 Å². The molecule has 7 aromatic carbocycles. The minimum Gasteiger partial charge on any atom is -0.456 e. The Bertz CT molecular complexity index is 3110. The monoisotopic (exact) mass is 626 g/mol. The van der Waals surface area contributed by atoms with Crippen molar-refractivity contribution in [3.8, 4) is 28.2 Å². The second kappa shape index (κ2) is 9.89. The van der Waals surface area contributed by atoms with E-state index in [1.807, 2.05) is 24.3 Å². The first-order valence-corrected chi connectivity index (χ1v) is 16.5. The smallest absolute Gasteiger partial charge is 0.221 e. The lowest BCUT2D eigenvalue weighted by Crippen LogP contribution is -2.06. The molecule has 0 aliphatic rings. The van der Waals surface area contributed by atoms with Crippen molar-refractivity contribution in [1.29, 1.82) is 0 Å². The Kier molecular flexibility index (Phi) is 5.32. The van der Waals surface area contributed by atoms with Crippen molar-refractivity contribution in [1.82, 2.24) is 18.9 Å². The first kappa shape index (κ1) is 26.4. The fraction of sp³-hybridized carbons (Fsp3) is 0. The van der Waals surface area contributed by atoms with E-state index in [0.29, 0.717) is 0 Å². The minimum absolute atomic E-state index is 0.827. The minimum atomic E-state index is 0.827. The summed E-state index contributed by atoms with van der Waals surface area (Å²) in [5.74, 6) is 0.827. The molecule has 0 amide bonds. The highest BCUT2D eigenvalue weighted by Gasteiger charge is 2.20. The number of benzene rings is 7. The molecule has 0 saturated carbocycles. The normalized spacial score (nSPS) is 12.1. The van der Waals surface area contributed by atoms with Crippen LogP contribution in [0.25, 0.3) is 99.5 Å². The van der Waals surface area contributed by atoms with E-state index in [2.05, 4.69) is 142 Å². The van der Waals surface area contributed by atoms with Gasteiger partial charge in [0.25, 0.3) is 0 Å². The summed E-state index contributed by atoms with van der Waals surface area (Å²) in [6, 6.07) is 55.5. The highest BCUT2D eigenvalue weighted by atomic mass is 16.3. The Balaban J connectivity index is 1.08. The van der Waals surface area contributed by atoms with E-state index in [4.69, 9.17) is 14.4 Å². The standard InChI is InChI=1S/C44H26N4O/c1-4-12-36-33(11-1)43-45-37-13-5-7-15-40(37)48(43)44(46-36)47-38-14-6-2-9-31(38)34-25-29(21-23-39(34)47)27-17-19-28(20-18-27)30-22-24-42-35(26-30)32-10-3-8-16-41(32)49-42/h1-26H. The van der Waals surface area contributed by atoms with Crippen LogP contribution in [0.2, 0.25) is 0 Å². The first-order valence-electron chi connectivity index (χ1n) is 16.5. The van der Waals surface area contributed by atoms with Gasteiger partial charge in [0.05, 0.1) is 27.6 Å². The quantitative estimate of drug-likeness (QED) is 0.196. The third kappa shape index (κ3) is 3.81. The molecule has 0 aliphatic carbocycles. The van der Waals surface area contributed by atoms with Crippen LogP contribution in [0.1, 0.15) is 0 Å². The summed E-state index contributed by atoms with van der Waals surface area (Å²) < 4.78 is 10.6. The number of nitrogens with zero attached hydrogens (tertiary/aromatic N) is 4. The fourth-order valence-corrected chi connectivity index (χ4v) is 7.61. The molecule has 0 aliphatic heterocycles. The Hall–Kier alpha value is -6.72. The van der Waals surface area contributed by atoms with E-state index in [1.165, 1.54) is 33.0 Å². The van der Waals surface area contributed by atoms with Gasteiger partial charge in [0.1, 0.15) is 16.8 Å². The van der Waals surface area contributed by atoms with Gasteiger partial charge in [-0.05, 0) is 82.9 Å². The summed E-state index contributed by atoms with van der Waals surface area (Å²) in [7, 11) is 0. The molecule has 0 bridgehead atoms. The van der Waals surface area contributed by atoms with Gasteiger partial charge in [-0.15, -0.1) is 0 Å². The molecule has 4 aromatic heterocycles. The summed E-state index contributed by atoms with van der Waals surface area (Å²) in [6.07, 6.45) is 0. The Morgan fingerprint density at radius 1 is 0.388 bits per heavy atom. The second-order valence-electron chi connectivity index (χ2n) is 12.7. The van der Waals surface area contributed by atoms with E-state index in [0.717, 1.165) is 66.5 Å². The number of aromatic nitrogens is 4. The van der Waals surface area contributed by atoms with Crippen molar-refractivity contribution in [2.24, 2.45) is 0 Å². The first-order chi connectivity index (χ1) is 24.3. The number of para-hydroxylation sites is 5. The van der Waals surface area contributed by atoms with Crippen molar-refractivity contribution in [2.45, 2.75) is 0 Å². The zero-order valence-electron chi connectivity index (χ0n) is 26.2. The molecule has 0 atom stereocenters. The number of fused-ring (bicyclic) bond motifs is 11. The summed E-state index contributed by atoms with van der Waals surface area (Å²) >= 11 is 0. The molecule has 11 rings (SSSR count). The van der Waals surface area contributed by atoms with Gasteiger partial charge >= 0.3 is 0 Å². The van der Waals surface area contributed by atoms with Gasteiger partial charge in [-0.25, -0.2) is 9.97 Å². The molecule has 5 heteroatoms. The molecule has 49 heavy (non-hydrogen) atoms. The van der Waals surface area contributed by atoms with Crippen LogP contribution in [-0.4, -0.2) is 18.9 Å². The lowest BCUT2D eigenvalue weighted by Gasteiger charge is -2.12. The van der Waals surface area contributed by atoms with Crippen LogP contribution in [0.3, 0.4) is 0 Å². The molecule has 4 heterocycles. The van der Waals surface area contributed by atoms with Gasteiger partial charge in [0.15, 0.2) is 0 Å². The average molecular weight is 627 g/mol. The predicted octanol–water partition coefficient (Wildman–Crippen LogP) is 11.4. The Labute approximate surface area is 279 Å². The van der Waals surface area contributed by atoms with Crippen LogP contribution in [0, 0.1) is 0 Å². The molecular formula is C44H26N4O. The van der Waals surface area contributed by atoms with Crippen molar-refractivity contribution >= 4 is 71.3 Å². The largest absolute Gasteiger partial charge is 0.456 e. The zero-order valence-corrected chi connectivity index (χ0v) is 26.2. The SMILES string of the molecule is c1ccc2c(c1)nc(-n1c3ccccc3c3cc(-c4ccc(-c5ccc6oc7ccccc7c6c5)cc4)ccc31)n1c3ccccc3nc21. The number of hydrogen-bond donors (Lipinski definition) is 0. The Morgan fingerprint density at radius 3 is 1.78 bits per heavy atom. The van der Waals surface area contributed by atoms with Crippen LogP contribution < -0.4 is 0 Å². The molecule has 0 N–H and O–H groups in total. The maximum Gasteiger partial charge on any atom is 0.221 e. The maximum atomic E-state index is 6.06. The van der Waals surface area contributed by atoms with Crippen LogP contribution in [0.5, 0.6) is 0 Å². The fourth-order valence-electron chi connectivity index (χ4n) is 7.61. The van der Waals surface area contributed by atoms with Gasteiger partial charge in [-0.1, -0.05) is 97.1 Å². The highest BCUT2D eigenvalue weighted by molar-refractivity contribution is 6.11. The number of furan rings is 1. The topological polar surface area (TPSA) is 48.3 Å². The highest BCUT2D eigenvalue weighted by Crippen LogP contribution is 2.37. The van der Waals surface area contributed by atoms with Crippen LogP contribution >= 0.6 is 0 Å². The van der Waals surface area contributed by atoms with Gasteiger partial charge in [0.2, 0.25) is 5.95 Å². The molecule has 0 radical (unpaired) electrons. The van der Waals surface area contributed by atoms with E-state index < -0.39 is 0 Å². The second-order valence-corrected chi connectivity index (χ2v) is 12.7. The summed E-state index contributed by atoms with van der Waals surface area (Å²) in [5.41, 5.74) is 12.5. The van der Waals surface area contributed by atoms with Gasteiger partial charge in [-0.3, -0.25) is 8.97 Å². The Morgan fingerprint density at radius 2 is 0.959 bits per heavy atom. The molecule has 0 spiro atoms. The molecule has 0 unspecified atom stereocenters. The lowest BCUT2D eigenvalue weighted by atomic mass is 9.98. The van der Waals surface area contributed by atoms with Crippen molar-refractivity contribution in [3.05, 3.63) is 158 Å². The summed E-state index contributed by atoms with van der Waals surface area (Å²) in [6.45, 7) is 0. The van der Waals surface area contributed by atoms with E-state index >= 15 is 0 Å². The van der Waals surface area contributed by atoms with Gasteiger partial charge in [-0.2, -0.15) is 0 Å². The lowest BCUT2D eigenvalue weighted by molar-refractivity contribution is 0.669. The number of hydrogen-bond acceptors (Lipinski definition) is 3. The number of rotatable bonds is 3. The van der Waals surface area contributed by atoms with Gasteiger partial charge in [0, 0.05) is 26.9 Å². The molecule has 0 saturated heterocycles. The van der Waals surface area contributed by atoms with Crippen molar-refractivity contribution < 1.29 is 4.42 Å². The predicted molar refractivity (Wildman–Crippen MR) is 200 cm³/mol. The van der Waals surface area contributed by atoms with E-state index in [1.54, 1.807) is 0 Å². The van der Waals surface area contributed by atoms with Crippen LogP contribution in [0.15, 0.2) is 162 Å². The number of imidazole rings is 1. The van der Waals surface area contributed by atoms with E-state index in [9.17, 15) is 0 Å². The molecule has 11 aromatic rings. The summed E-state index contributed by atoms with van der Waals surface area (Å²) in [4.78, 5) is 10.4. The average Bonchev–Trinajstić information content (AvgIpc) is 3.84. The van der Waals surface area contributed by atoms with Crippen molar-refractivity contribution in [3.63, 3.8) is 0 Å². The zero-order chi connectivity index (χ0) is 32.1. The van der Waals surface area contributed by atoms with Crippen LogP contribution in [-0.2, 0) is 0 Å². The van der Waals surface area contributed by atoms with Crippen molar-refractivity contribution in [2.75, 3.05) is 0 Å². The summed E-state index contributed by atoms with van der Waals surface area (Å²) in [5, 5.41) is 5.68. The van der Waals surface area contributed by atoms with Gasteiger partial charge < -0.3 is 4.42 Å². The maximum absolute atomic E-state index is 6.06. The molecule has 228 valence electrons. The third-order valence-corrected chi connectivity index (χ3v) is 9.93. The molecule has 5 nitrogen and oxygen atoms in total. The third-order valence-electron chi connectivity index (χ3n) is 9.93. The molecular weight excluding hydrogens is 601 g/mol.